The molecule has 2 heterocycles. The van der Waals surface area contributed by atoms with Gasteiger partial charge in [0.15, 0.2) is 0 Å². The molecule has 1 aliphatic rings. The summed E-state index contributed by atoms with van der Waals surface area (Å²) in [5.41, 5.74) is 0.436. The lowest BCUT2D eigenvalue weighted by Gasteiger charge is -2.41. The molecule has 554 valence electrons. The maximum atomic E-state index is 15.5. The maximum absolute atomic E-state index is 15.5. The molecule has 0 bridgehead atoms. The molecule has 1 saturated heterocycles. The average molecular weight is 1390 g/mol. The Morgan fingerprint density at radius 1 is 0.531 bits per heavy atom. The lowest BCUT2D eigenvalue weighted by atomic mass is 9.91. The highest BCUT2D eigenvalue weighted by atomic mass is 19.4. The van der Waals surface area contributed by atoms with E-state index in [-0.39, 0.29) is 79.2 Å². The van der Waals surface area contributed by atoms with Gasteiger partial charge in [-0.1, -0.05) is 96.9 Å². The highest BCUT2D eigenvalue weighted by molar-refractivity contribution is 5.99. The molecule has 0 aliphatic carbocycles. The molecule has 1 aromatic carbocycles. The maximum Gasteiger partial charge on any atom is 0.433 e. The zero-order chi connectivity index (χ0) is 75.2. The Balaban J connectivity index is 2.33. The number of carbonyl (C=O) groups is 11. The molecule has 30 heteroatoms. The molecule has 3 rings (SSSR count). The Labute approximate surface area is 576 Å². The van der Waals surface area contributed by atoms with E-state index < -0.39 is 168 Å². The Morgan fingerprint density at radius 2 is 0.990 bits per heavy atom. The molecule has 0 radical (unpaired) electrons. The van der Waals surface area contributed by atoms with Crippen LogP contribution in [-0.2, 0) is 59.2 Å². The third-order valence-electron chi connectivity index (χ3n) is 18.0. The van der Waals surface area contributed by atoms with Crippen molar-refractivity contribution in [3.8, 4) is 0 Å². The third-order valence-corrected chi connectivity index (χ3v) is 18.0. The predicted molar refractivity (Wildman–Crippen MR) is 364 cm³/mol. The molecule has 1 aliphatic heterocycles. The number of amides is 11. The minimum atomic E-state index is -4.98. The lowest BCUT2D eigenvalue weighted by molar-refractivity contribution is -0.194. The normalized spacial score (nSPS) is 25.4. The quantitative estimate of drug-likeness (QED) is 0.105. The Morgan fingerprint density at radius 3 is 1.48 bits per heavy atom. The molecule has 27 nitrogen and oxygen atoms in total. The summed E-state index contributed by atoms with van der Waals surface area (Å²) in [4.78, 5) is 178. The summed E-state index contributed by atoms with van der Waals surface area (Å²) < 4.78 is 39.8. The minimum Gasteiger partial charge on any atom is -0.390 e. The number of fused-ring (bicyclic) bond motifs is 1. The number of hydrogen-bond acceptors (Lipinski definition) is 15. The number of H-pyrrole nitrogens is 1. The number of hydrogen-bond donors (Lipinski definition) is 8. The first-order chi connectivity index (χ1) is 45.2. The van der Waals surface area contributed by atoms with Crippen molar-refractivity contribution in [3.63, 3.8) is 0 Å². The molecule has 2 aromatic rings. The number of aliphatic hydroxyl groups excluding tert-OH is 2. The number of likely N-dealkylation sites (N-methyl/N-ethyl adjacent to an activating group) is 7. The van der Waals surface area contributed by atoms with E-state index in [4.69, 9.17) is 0 Å². The van der Waals surface area contributed by atoms with Crippen LogP contribution in [0.5, 0.6) is 0 Å². The van der Waals surface area contributed by atoms with Crippen LogP contribution in [0, 0.1) is 41.4 Å². The zero-order valence-corrected chi connectivity index (χ0v) is 61.7. The zero-order valence-electron chi connectivity index (χ0n) is 61.7. The molecule has 1 unspecified atom stereocenters. The Bertz CT molecular complexity index is 3110. The number of anilines is 1. The summed E-state index contributed by atoms with van der Waals surface area (Å²) in [6.45, 7) is 26.7. The summed E-state index contributed by atoms with van der Waals surface area (Å²) >= 11 is 0. The summed E-state index contributed by atoms with van der Waals surface area (Å²) in [5, 5.41) is 35.1. The molecule has 0 saturated carbocycles. The first kappa shape index (κ1) is 84.6. The van der Waals surface area contributed by atoms with E-state index in [9.17, 15) is 56.9 Å². The number of nitrogens with one attached hydrogen (secondary N) is 6. The van der Waals surface area contributed by atoms with Crippen LogP contribution in [-0.4, -0.2) is 254 Å². The van der Waals surface area contributed by atoms with Gasteiger partial charge in [0.1, 0.15) is 66.2 Å². The van der Waals surface area contributed by atoms with Crippen molar-refractivity contribution in [1.29, 1.82) is 0 Å². The van der Waals surface area contributed by atoms with Crippen molar-refractivity contribution in [3.05, 3.63) is 24.0 Å². The first-order valence-electron chi connectivity index (χ1n) is 33.9. The number of alkyl halides is 3. The van der Waals surface area contributed by atoms with Crippen LogP contribution in [0.1, 0.15) is 149 Å². The number of rotatable bonds is 17. The van der Waals surface area contributed by atoms with Gasteiger partial charge < -0.3 is 76.1 Å². The average Bonchev–Trinajstić information content (AvgIpc) is 1.00. The molecule has 13 atom stereocenters. The van der Waals surface area contributed by atoms with Gasteiger partial charge >= 0.3 is 6.18 Å². The van der Waals surface area contributed by atoms with Crippen LogP contribution in [0.2, 0.25) is 0 Å². The van der Waals surface area contributed by atoms with Crippen LogP contribution in [0.15, 0.2) is 18.2 Å². The Kier molecular flexibility index (Phi) is 31.5. The minimum absolute atomic E-state index is 0.0648. The molecule has 11 amide bonds. The lowest BCUT2D eigenvalue weighted by Crippen LogP contribution is -2.63. The fourth-order valence-corrected chi connectivity index (χ4v) is 12.1. The molecular formula is C68H113F3N14O13. The van der Waals surface area contributed by atoms with Crippen LogP contribution < -0.4 is 26.6 Å². The standard InChI is InChI=1S/C68H113F3N14O13/c1-24-44-62(93)79(17)33-52(86)80(18)47(27-34(2)3)59(90)78-53(38(10)11)65(96)81(19)48(28-35(4)5)58(89)72-41(15)57(88)73-42(16)61(92)82(20)49(29-36(6)7)63(94)83(21)50(30-37(8)9)64(95)84(22)54(39(12)13)66(97)85(23)55(60(91)77-44)56(87)40(14)31-51-75-45-26-25-43(32-46(45)76-51)74-67(98)68(69,70)71/h25-26,32,34-42,44,47-50,53-56,67,74,87,98H,24,27-31,33H2,1-23H3,(H,72,89)(H,73,88)(H,75,76)(H,77,91)(H,78,90)/t40-,41+,42-,44+,47+,48+,49+,50+,53+,54+,55+,56-,67?/m1/s1. The summed E-state index contributed by atoms with van der Waals surface area (Å²) in [7, 11) is 9.52. The number of halogens is 3. The molecule has 1 fully saturated rings. The van der Waals surface area contributed by atoms with Gasteiger partial charge in [-0.15, -0.1) is 0 Å². The molecule has 0 spiro atoms. The summed E-state index contributed by atoms with van der Waals surface area (Å²) in [6, 6.07) is -9.33. The van der Waals surface area contributed by atoms with Gasteiger partial charge in [0.25, 0.3) is 0 Å². The van der Waals surface area contributed by atoms with Crippen molar-refractivity contribution in [2.45, 2.75) is 228 Å². The largest absolute Gasteiger partial charge is 0.433 e. The van der Waals surface area contributed by atoms with E-state index in [2.05, 4.69) is 31.2 Å². The topological polar surface area (TPSA) is 340 Å². The van der Waals surface area contributed by atoms with Gasteiger partial charge in [-0.3, -0.25) is 52.7 Å². The van der Waals surface area contributed by atoms with Gasteiger partial charge in [-0.2, -0.15) is 13.2 Å². The van der Waals surface area contributed by atoms with Crippen molar-refractivity contribution in [2.75, 3.05) is 61.2 Å². The highest BCUT2D eigenvalue weighted by Crippen LogP contribution is 2.28. The first-order valence-corrected chi connectivity index (χ1v) is 33.9. The number of nitrogens with zero attached hydrogens (tertiary/aromatic N) is 8. The van der Waals surface area contributed by atoms with Crippen LogP contribution in [0.3, 0.4) is 0 Å². The highest BCUT2D eigenvalue weighted by Gasteiger charge is 2.46. The number of aliphatic hydroxyl groups is 2. The van der Waals surface area contributed by atoms with Crippen molar-refractivity contribution in [2.24, 2.45) is 41.4 Å². The van der Waals surface area contributed by atoms with Crippen molar-refractivity contribution in [1.82, 2.24) is 65.5 Å². The van der Waals surface area contributed by atoms with Crippen LogP contribution in [0.25, 0.3) is 11.0 Å². The second kappa shape index (κ2) is 36.5. The SMILES string of the molecule is CC[C@@H]1NC(=O)[C@H]([C@H](O)[C@H](C)Cc2nc3ccc(NC(O)C(F)(F)F)cc3[nH]2)N(C)C(=O)[C@H](C(C)C)N(C)C(=O)[C@H](CC(C)C)N(C)C(=O)[C@H](CC(C)C)N(C)C(=O)[C@@H](C)NC(=O)[C@H](C)NC(=O)[C@H](CC(C)C)N(C)C(=O)[C@H](C(C)C)NC(=O)[C@H](CC(C)C)N(C)C(=O)CN(C)C1=O. The van der Waals surface area contributed by atoms with Gasteiger partial charge in [0.05, 0.1) is 23.7 Å². The monoisotopic (exact) mass is 1390 g/mol. The fraction of sp³-hybridized carbons (Fsp3) is 0.735. The number of aromatic amines is 1. The molecule has 98 heavy (non-hydrogen) atoms. The van der Waals surface area contributed by atoms with E-state index >= 15 is 19.2 Å². The second-order valence-corrected chi connectivity index (χ2v) is 29.0. The van der Waals surface area contributed by atoms with E-state index in [1.54, 1.807) is 41.5 Å². The van der Waals surface area contributed by atoms with E-state index in [0.29, 0.717) is 5.52 Å². The van der Waals surface area contributed by atoms with Crippen LogP contribution in [0.4, 0.5) is 18.9 Å². The second-order valence-electron chi connectivity index (χ2n) is 29.0. The predicted octanol–water partition coefficient (Wildman–Crippen LogP) is 3.71. The van der Waals surface area contributed by atoms with E-state index in [1.165, 1.54) is 101 Å². The summed E-state index contributed by atoms with van der Waals surface area (Å²) in [6.07, 6.45) is -9.51. The van der Waals surface area contributed by atoms with Crippen molar-refractivity contribution >= 4 is 81.7 Å². The fourth-order valence-electron chi connectivity index (χ4n) is 12.1. The summed E-state index contributed by atoms with van der Waals surface area (Å²) in [5.74, 6) is -11.1. The molecule has 8 N–H and O–H groups in total. The number of aromatic nitrogens is 2. The number of carbonyl (C=O) groups excluding carboxylic acids is 11. The van der Waals surface area contributed by atoms with E-state index in [1.807, 2.05) is 60.7 Å². The van der Waals surface area contributed by atoms with Gasteiger partial charge in [-0.25, -0.2) is 4.98 Å². The number of imidazole rings is 1. The molecular weight excluding hydrogens is 1280 g/mol. The van der Waals surface area contributed by atoms with Gasteiger partial charge in [0, 0.05) is 61.4 Å². The Hall–Kier alpha value is -7.63. The number of benzene rings is 1. The van der Waals surface area contributed by atoms with E-state index in [0.717, 1.165) is 14.7 Å². The third kappa shape index (κ3) is 22.4. The smallest absolute Gasteiger partial charge is 0.390 e. The van der Waals surface area contributed by atoms with Crippen molar-refractivity contribution < 1.29 is 76.1 Å². The van der Waals surface area contributed by atoms with Gasteiger partial charge in [-0.05, 0) is 106 Å². The van der Waals surface area contributed by atoms with Crippen LogP contribution >= 0.6 is 0 Å². The molecule has 1 aromatic heterocycles. The van der Waals surface area contributed by atoms with Gasteiger partial charge in [0.2, 0.25) is 71.2 Å².